The van der Waals surface area contributed by atoms with Crippen molar-refractivity contribution in [2.75, 3.05) is 13.2 Å². The average molecular weight is 1160 g/mol. The quantitative estimate of drug-likeness (QED) is 0.0343. The molecular weight excluding hydrogens is 1010 g/mol. The van der Waals surface area contributed by atoms with Crippen molar-refractivity contribution in [2.45, 2.75) is 457 Å². The zero-order chi connectivity index (χ0) is 59.2. The summed E-state index contributed by atoms with van der Waals surface area (Å²) in [6, 6.07) is 0. The van der Waals surface area contributed by atoms with Crippen LogP contribution in [0.2, 0.25) is 0 Å². The summed E-state index contributed by atoms with van der Waals surface area (Å²) in [6.07, 6.45) is 85.9. The van der Waals surface area contributed by atoms with Crippen LogP contribution < -0.4 is 0 Å². The van der Waals surface area contributed by atoms with E-state index in [0.29, 0.717) is 19.3 Å². The second kappa shape index (κ2) is 71.9. The van der Waals surface area contributed by atoms with Crippen LogP contribution >= 0.6 is 0 Å². The van der Waals surface area contributed by atoms with Crippen molar-refractivity contribution in [3.8, 4) is 0 Å². The summed E-state index contributed by atoms with van der Waals surface area (Å²) in [6.45, 7) is 6.75. The molecule has 0 heterocycles. The predicted molar refractivity (Wildman–Crippen MR) is 358 cm³/mol. The molecular formula is C76H148O6. The first-order chi connectivity index (χ1) is 40.5. The van der Waals surface area contributed by atoms with Gasteiger partial charge in [0.15, 0.2) is 6.10 Å². The maximum absolute atomic E-state index is 13.0. The van der Waals surface area contributed by atoms with Crippen LogP contribution in [0.1, 0.15) is 451 Å². The lowest BCUT2D eigenvalue weighted by atomic mass is 10.0. The topological polar surface area (TPSA) is 78.9 Å². The average Bonchev–Trinajstić information content (AvgIpc) is 3.47. The van der Waals surface area contributed by atoms with Crippen LogP contribution in [0.4, 0.5) is 0 Å². The first kappa shape index (κ1) is 80.4. The minimum atomic E-state index is -0.764. The lowest BCUT2D eigenvalue weighted by molar-refractivity contribution is -0.167. The van der Waals surface area contributed by atoms with E-state index in [1.807, 2.05) is 0 Å². The zero-order valence-electron chi connectivity index (χ0n) is 56.3. The third kappa shape index (κ3) is 69.2. The van der Waals surface area contributed by atoms with Gasteiger partial charge in [0, 0.05) is 19.3 Å². The Balaban J connectivity index is 4.15. The number of hydrogen-bond donors (Lipinski definition) is 0. The Kier molecular flexibility index (Phi) is 70.5. The fourth-order valence-electron chi connectivity index (χ4n) is 12.2. The van der Waals surface area contributed by atoms with Gasteiger partial charge in [0.2, 0.25) is 0 Å². The summed E-state index contributed by atoms with van der Waals surface area (Å²) in [5.41, 5.74) is 0. The third-order valence-electron chi connectivity index (χ3n) is 17.9. The second-order valence-electron chi connectivity index (χ2n) is 26.3. The highest BCUT2D eigenvalue weighted by atomic mass is 16.6. The molecule has 0 aliphatic heterocycles. The SMILES string of the molecule is CCCCCCCCCCCCCCCCCCCCCCCCCCCCCC(=O)OCC(COC(=O)CCCCCCCCCCCCCCC)OC(=O)CCCCCCCCCCCCCCCCCCCCCCCCCC. The van der Waals surface area contributed by atoms with Crippen LogP contribution in [0.5, 0.6) is 0 Å². The number of carbonyl (C=O) groups excluding carboxylic acids is 3. The van der Waals surface area contributed by atoms with E-state index < -0.39 is 6.10 Å². The summed E-state index contributed by atoms with van der Waals surface area (Å²) in [4.78, 5) is 38.5. The summed E-state index contributed by atoms with van der Waals surface area (Å²) in [5.74, 6) is -0.817. The van der Waals surface area contributed by atoms with Crippen molar-refractivity contribution in [3.05, 3.63) is 0 Å². The predicted octanol–water partition coefficient (Wildman–Crippen LogP) is 26.2. The first-order valence-corrected chi connectivity index (χ1v) is 38.0. The lowest BCUT2D eigenvalue weighted by Crippen LogP contribution is -2.30. The highest BCUT2D eigenvalue weighted by Gasteiger charge is 2.20. The van der Waals surface area contributed by atoms with Crippen molar-refractivity contribution in [1.29, 1.82) is 0 Å². The fourth-order valence-corrected chi connectivity index (χ4v) is 12.2. The van der Waals surface area contributed by atoms with Crippen molar-refractivity contribution in [2.24, 2.45) is 0 Å². The molecule has 1 atom stereocenters. The standard InChI is InChI=1S/C76H148O6/c1-4-7-10-13-16-19-22-25-27-29-31-33-35-37-38-39-41-42-44-46-48-51-54-57-60-63-66-69-75(78)81-72-73(71-80-74(77)68-65-62-59-56-53-50-24-21-18-15-12-9-6-3)82-76(79)70-67-64-61-58-55-52-49-47-45-43-40-36-34-32-30-28-26-23-20-17-14-11-8-5-2/h73H,4-72H2,1-3H3. The van der Waals surface area contributed by atoms with E-state index in [1.165, 1.54) is 353 Å². The van der Waals surface area contributed by atoms with Gasteiger partial charge in [0.25, 0.3) is 0 Å². The molecule has 0 aliphatic carbocycles. The van der Waals surface area contributed by atoms with Gasteiger partial charge in [-0.3, -0.25) is 14.4 Å². The summed E-state index contributed by atoms with van der Waals surface area (Å²) in [5, 5.41) is 0. The van der Waals surface area contributed by atoms with E-state index in [9.17, 15) is 14.4 Å². The molecule has 0 spiro atoms. The van der Waals surface area contributed by atoms with Crippen LogP contribution in [-0.2, 0) is 28.6 Å². The smallest absolute Gasteiger partial charge is 0.306 e. The Morgan fingerprint density at radius 1 is 0.195 bits per heavy atom. The van der Waals surface area contributed by atoms with E-state index in [1.54, 1.807) is 0 Å². The number of esters is 3. The molecule has 488 valence electrons. The number of rotatable bonds is 72. The summed E-state index contributed by atoms with van der Waals surface area (Å²) >= 11 is 0. The highest BCUT2D eigenvalue weighted by Crippen LogP contribution is 2.20. The minimum Gasteiger partial charge on any atom is -0.462 e. The van der Waals surface area contributed by atoms with Gasteiger partial charge in [-0.2, -0.15) is 0 Å². The Hall–Kier alpha value is -1.59. The Morgan fingerprint density at radius 2 is 0.329 bits per heavy atom. The van der Waals surface area contributed by atoms with Crippen molar-refractivity contribution < 1.29 is 28.6 Å². The Labute approximate surface area is 514 Å². The number of ether oxygens (including phenoxy) is 3. The number of unbranched alkanes of at least 4 members (excludes halogenated alkanes) is 61. The molecule has 0 fully saturated rings. The fraction of sp³-hybridized carbons (Fsp3) is 0.961. The zero-order valence-corrected chi connectivity index (χ0v) is 56.3. The first-order valence-electron chi connectivity index (χ1n) is 38.0. The Morgan fingerprint density at radius 3 is 0.488 bits per heavy atom. The number of hydrogen-bond acceptors (Lipinski definition) is 6. The molecule has 0 rings (SSSR count). The summed E-state index contributed by atoms with van der Waals surface area (Å²) < 4.78 is 17.0. The van der Waals surface area contributed by atoms with Crippen LogP contribution in [-0.4, -0.2) is 37.2 Å². The van der Waals surface area contributed by atoms with E-state index in [2.05, 4.69) is 20.8 Å². The Bertz CT molecular complexity index is 1240. The van der Waals surface area contributed by atoms with Gasteiger partial charge in [-0.1, -0.05) is 412 Å². The van der Waals surface area contributed by atoms with Gasteiger partial charge >= 0.3 is 17.9 Å². The second-order valence-corrected chi connectivity index (χ2v) is 26.3. The highest BCUT2D eigenvalue weighted by molar-refractivity contribution is 5.71. The molecule has 0 aromatic heterocycles. The molecule has 0 radical (unpaired) electrons. The van der Waals surface area contributed by atoms with Crippen LogP contribution in [0, 0.1) is 0 Å². The van der Waals surface area contributed by atoms with E-state index in [0.717, 1.165) is 57.8 Å². The van der Waals surface area contributed by atoms with Crippen molar-refractivity contribution in [3.63, 3.8) is 0 Å². The minimum absolute atomic E-state index is 0.0600. The van der Waals surface area contributed by atoms with Crippen molar-refractivity contribution >= 4 is 17.9 Å². The van der Waals surface area contributed by atoms with Gasteiger partial charge in [0.05, 0.1) is 0 Å². The monoisotopic (exact) mass is 1160 g/mol. The molecule has 0 saturated carbocycles. The van der Waals surface area contributed by atoms with Gasteiger partial charge in [-0.05, 0) is 19.3 Å². The van der Waals surface area contributed by atoms with E-state index >= 15 is 0 Å². The maximum atomic E-state index is 13.0. The molecule has 0 N–H and O–H groups in total. The third-order valence-corrected chi connectivity index (χ3v) is 17.9. The van der Waals surface area contributed by atoms with E-state index in [-0.39, 0.29) is 31.1 Å². The normalized spacial score (nSPS) is 11.9. The summed E-state index contributed by atoms with van der Waals surface area (Å²) in [7, 11) is 0. The molecule has 0 aromatic carbocycles. The van der Waals surface area contributed by atoms with Gasteiger partial charge < -0.3 is 14.2 Å². The van der Waals surface area contributed by atoms with Crippen molar-refractivity contribution in [1.82, 2.24) is 0 Å². The lowest BCUT2D eigenvalue weighted by Gasteiger charge is -2.18. The largest absolute Gasteiger partial charge is 0.462 e. The molecule has 6 nitrogen and oxygen atoms in total. The van der Waals surface area contributed by atoms with Crippen LogP contribution in [0.3, 0.4) is 0 Å². The molecule has 6 heteroatoms. The molecule has 82 heavy (non-hydrogen) atoms. The molecule has 0 aliphatic rings. The van der Waals surface area contributed by atoms with Gasteiger partial charge in [-0.25, -0.2) is 0 Å². The van der Waals surface area contributed by atoms with Crippen LogP contribution in [0.25, 0.3) is 0 Å². The van der Waals surface area contributed by atoms with Gasteiger partial charge in [0.1, 0.15) is 13.2 Å². The van der Waals surface area contributed by atoms with Crippen LogP contribution in [0.15, 0.2) is 0 Å². The molecule has 0 amide bonds. The molecule has 0 saturated heterocycles. The maximum Gasteiger partial charge on any atom is 0.306 e. The molecule has 1 unspecified atom stereocenters. The number of carbonyl (C=O) groups is 3. The van der Waals surface area contributed by atoms with Gasteiger partial charge in [-0.15, -0.1) is 0 Å². The van der Waals surface area contributed by atoms with E-state index in [4.69, 9.17) is 14.2 Å². The molecule has 0 bridgehead atoms. The molecule has 0 aromatic rings.